The van der Waals surface area contributed by atoms with E-state index in [0.29, 0.717) is 48.7 Å². The van der Waals surface area contributed by atoms with Crippen LogP contribution in [0, 0.1) is 0 Å². The number of anilines is 1. The zero-order chi connectivity index (χ0) is 23.8. The minimum Gasteiger partial charge on any atom is -0.458 e. The van der Waals surface area contributed by atoms with Gasteiger partial charge in [-0.2, -0.15) is 0 Å². The van der Waals surface area contributed by atoms with Crippen LogP contribution in [-0.2, 0) is 20.8 Å². The summed E-state index contributed by atoms with van der Waals surface area (Å²) in [4.78, 5) is 40.5. The first-order valence-corrected chi connectivity index (χ1v) is 11.5. The van der Waals surface area contributed by atoms with Gasteiger partial charge in [-0.15, -0.1) is 0 Å². The van der Waals surface area contributed by atoms with Crippen molar-refractivity contribution in [2.45, 2.75) is 64.8 Å². The molecule has 1 amide bonds. The monoisotopic (exact) mass is 476 g/mol. The van der Waals surface area contributed by atoms with Crippen LogP contribution in [0.25, 0.3) is 11.4 Å². The molecular weight excluding hydrogens is 448 g/mol. The first-order chi connectivity index (χ1) is 15.6. The molecule has 4 heterocycles. The van der Waals surface area contributed by atoms with Gasteiger partial charge in [-0.3, -0.25) is 4.79 Å². The molecule has 1 fully saturated rings. The molecule has 2 aliphatic rings. The number of nitrogens with one attached hydrogen (secondary N) is 1. The molecular formula is C22H29ClN6O4. The number of nitrogens with zero attached hydrogens (tertiary/aromatic N) is 5. The van der Waals surface area contributed by atoms with Crippen molar-refractivity contribution in [3.63, 3.8) is 0 Å². The van der Waals surface area contributed by atoms with Crippen LogP contribution in [0.15, 0.2) is 12.4 Å². The van der Waals surface area contributed by atoms with E-state index in [1.54, 1.807) is 38.5 Å². The van der Waals surface area contributed by atoms with Gasteiger partial charge in [-0.05, 0) is 40.5 Å². The number of imidazole rings is 1. The lowest BCUT2D eigenvalue weighted by Crippen LogP contribution is -2.50. The number of esters is 1. The molecule has 0 spiro atoms. The first kappa shape index (κ1) is 23.4. The highest BCUT2D eigenvalue weighted by Gasteiger charge is 2.35. The third kappa shape index (κ3) is 5.27. The Labute approximate surface area is 197 Å². The fourth-order valence-electron chi connectivity index (χ4n) is 3.84. The number of fused-ring (bicyclic) bond motifs is 1. The zero-order valence-corrected chi connectivity index (χ0v) is 20.1. The first-order valence-electron chi connectivity index (χ1n) is 11.1. The van der Waals surface area contributed by atoms with Crippen molar-refractivity contribution in [3.05, 3.63) is 23.2 Å². The van der Waals surface area contributed by atoms with Gasteiger partial charge < -0.3 is 24.3 Å². The largest absolute Gasteiger partial charge is 0.458 e. The predicted molar refractivity (Wildman–Crippen MR) is 122 cm³/mol. The standard InChI is InChI=1S/C22H29ClN6O4/c1-13(20(31)33-22(2,3)4)29-8-7-28-12-16(26-18(28)19(29)30)17-15(23)11-24-21(27-17)25-14-5-9-32-10-6-14/h11-14H,5-10H2,1-4H3,(H,24,25,27). The van der Waals surface area contributed by atoms with Gasteiger partial charge in [0.05, 0.1) is 11.2 Å². The number of halogens is 1. The van der Waals surface area contributed by atoms with E-state index < -0.39 is 17.6 Å². The molecule has 0 aromatic carbocycles. The molecule has 11 heteroatoms. The number of aromatic nitrogens is 4. The van der Waals surface area contributed by atoms with E-state index in [1.165, 1.54) is 11.1 Å². The predicted octanol–water partition coefficient (Wildman–Crippen LogP) is 2.77. The van der Waals surface area contributed by atoms with Gasteiger partial charge in [0.15, 0.2) is 5.82 Å². The molecule has 0 saturated carbocycles. The van der Waals surface area contributed by atoms with Crippen LogP contribution in [-0.4, -0.2) is 73.7 Å². The average molecular weight is 477 g/mol. The summed E-state index contributed by atoms with van der Waals surface area (Å²) in [6.07, 6.45) is 5.04. The molecule has 1 saturated heterocycles. The van der Waals surface area contributed by atoms with Crippen molar-refractivity contribution in [3.8, 4) is 11.4 Å². The molecule has 0 bridgehead atoms. The molecule has 2 aromatic heterocycles. The van der Waals surface area contributed by atoms with E-state index in [1.807, 2.05) is 0 Å². The van der Waals surface area contributed by atoms with Gasteiger partial charge in [0.2, 0.25) is 5.95 Å². The van der Waals surface area contributed by atoms with Gasteiger partial charge in [0.25, 0.3) is 5.91 Å². The molecule has 178 valence electrons. The van der Waals surface area contributed by atoms with Crippen molar-refractivity contribution < 1.29 is 19.1 Å². The van der Waals surface area contributed by atoms with Crippen molar-refractivity contribution in [2.24, 2.45) is 0 Å². The Kier molecular flexibility index (Phi) is 6.58. The lowest BCUT2D eigenvalue weighted by Gasteiger charge is -2.32. The molecule has 10 nitrogen and oxygen atoms in total. The second-order valence-corrected chi connectivity index (χ2v) is 9.68. The van der Waals surface area contributed by atoms with Gasteiger partial charge in [-0.25, -0.2) is 19.7 Å². The van der Waals surface area contributed by atoms with Crippen LogP contribution in [0.4, 0.5) is 5.95 Å². The Morgan fingerprint density at radius 1 is 1.27 bits per heavy atom. The van der Waals surface area contributed by atoms with Crippen LogP contribution in [0.1, 0.15) is 51.2 Å². The summed E-state index contributed by atoms with van der Waals surface area (Å²) >= 11 is 6.38. The highest BCUT2D eigenvalue weighted by Crippen LogP contribution is 2.28. The summed E-state index contributed by atoms with van der Waals surface area (Å²) in [5, 5.41) is 3.66. The molecule has 1 N–H and O–H groups in total. The van der Waals surface area contributed by atoms with E-state index in [2.05, 4.69) is 20.3 Å². The van der Waals surface area contributed by atoms with Crippen LogP contribution in [0.5, 0.6) is 0 Å². The number of rotatable bonds is 5. The Morgan fingerprint density at radius 2 is 2.00 bits per heavy atom. The number of carbonyl (C=O) groups excluding carboxylic acids is 2. The smallest absolute Gasteiger partial charge is 0.329 e. The Morgan fingerprint density at radius 3 is 2.70 bits per heavy atom. The Hall–Kier alpha value is -2.72. The third-order valence-corrected chi connectivity index (χ3v) is 5.84. The maximum absolute atomic E-state index is 13.1. The number of hydrogen-bond donors (Lipinski definition) is 1. The number of amides is 1. The average Bonchev–Trinajstić information content (AvgIpc) is 3.19. The van der Waals surface area contributed by atoms with Gasteiger partial charge >= 0.3 is 5.97 Å². The fraction of sp³-hybridized carbons (Fsp3) is 0.591. The SMILES string of the molecule is CC(C(=O)OC(C)(C)C)N1CCn2cc(-c3nc(NC4CCOCC4)ncc3Cl)nc2C1=O. The van der Waals surface area contributed by atoms with Gasteiger partial charge in [0.1, 0.15) is 23.0 Å². The molecule has 1 atom stereocenters. The lowest BCUT2D eigenvalue weighted by molar-refractivity contribution is -0.160. The van der Waals surface area contributed by atoms with E-state index in [-0.39, 0.29) is 17.8 Å². The quantitative estimate of drug-likeness (QED) is 0.655. The third-order valence-electron chi connectivity index (χ3n) is 5.57. The van der Waals surface area contributed by atoms with Crippen molar-refractivity contribution >= 4 is 29.4 Å². The minimum atomic E-state index is -0.719. The number of ether oxygens (including phenoxy) is 2. The van der Waals surface area contributed by atoms with Gasteiger partial charge in [0, 0.05) is 38.5 Å². The van der Waals surface area contributed by atoms with Crippen LogP contribution in [0.2, 0.25) is 5.02 Å². The number of hydrogen-bond acceptors (Lipinski definition) is 8. The fourth-order valence-corrected chi connectivity index (χ4v) is 4.03. The van der Waals surface area contributed by atoms with Crippen LogP contribution >= 0.6 is 11.6 Å². The van der Waals surface area contributed by atoms with Crippen LogP contribution in [0.3, 0.4) is 0 Å². The van der Waals surface area contributed by atoms with E-state index in [0.717, 1.165) is 12.8 Å². The molecule has 1 unspecified atom stereocenters. The van der Waals surface area contributed by atoms with E-state index >= 15 is 0 Å². The van der Waals surface area contributed by atoms with Crippen molar-refractivity contribution in [1.29, 1.82) is 0 Å². The van der Waals surface area contributed by atoms with Gasteiger partial charge in [-0.1, -0.05) is 11.6 Å². The van der Waals surface area contributed by atoms with Crippen molar-refractivity contribution in [2.75, 3.05) is 25.1 Å². The second-order valence-electron chi connectivity index (χ2n) is 9.27. The maximum Gasteiger partial charge on any atom is 0.329 e. The number of carbonyl (C=O) groups is 2. The molecule has 2 aromatic rings. The maximum atomic E-state index is 13.1. The zero-order valence-electron chi connectivity index (χ0n) is 19.3. The van der Waals surface area contributed by atoms with E-state index in [9.17, 15) is 9.59 Å². The molecule has 0 radical (unpaired) electrons. The van der Waals surface area contributed by atoms with Crippen molar-refractivity contribution in [1.82, 2.24) is 24.4 Å². The summed E-state index contributed by atoms with van der Waals surface area (Å²) in [6, 6.07) is -0.490. The summed E-state index contributed by atoms with van der Waals surface area (Å²) < 4.78 is 12.6. The summed E-state index contributed by atoms with van der Waals surface area (Å²) in [6.45, 7) is 9.33. The molecule has 2 aliphatic heterocycles. The molecule has 4 rings (SSSR count). The van der Waals surface area contributed by atoms with Crippen LogP contribution < -0.4 is 5.32 Å². The molecule has 0 aliphatic carbocycles. The lowest BCUT2D eigenvalue weighted by atomic mass is 10.1. The normalized spacial score (nSPS) is 18.1. The second kappa shape index (κ2) is 9.26. The highest BCUT2D eigenvalue weighted by atomic mass is 35.5. The Balaban J connectivity index is 1.54. The topological polar surface area (TPSA) is 111 Å². The summed E-state index contributed by atoms with van der Waals surface area (Å²) in [5.41, 5.74) is 0.297. The van der Waals surface area contributed by atoms with E-state index in [4.69, 9.17) is 21.1 Å². The summed E-state index contributed by atoms with van der Waals surface area (Å²) in [7, 11) is 0. The minimum absolute atomic E-state index is 0.229. The summed E-state index contributed by atoms with van der Waals surface area (Å²) in [5.74, 6) is -0.0885. The molecule has 33 heavy (non-hydrogen) atoms. The highest BCUT2D eigenvalue weighted by molar-refractivity contribution is 6.32. The Bertz CT molecular complexity index is 1040.